The number of hydrogen-bond acceptors (Lipinski definition) is 8. The average molecular weight is 396 g/mol. The molecule has 8 nitrogen and oxygen atoms in total. The molecule has 1 fully saturated rings. The van der Waals surface area contributed by atoms with Gasteiger partial charge in [-0.25, -0.2) is 0 Å². The second kappa shape index (κ2) is 8.48. The third-order valence-electron chi connectivity index (χ3n) is 5.16. The minimum Gasteiger partial charge on any atom is -0.493 e. The third-order valence-corrected chi connectivity index (χ3v) is 5.16. The molecular formula is C21H24N4O4. The van der Waals surface area contributed by atoms with Crippen LogP contribution >= 0.6 is 0 Å². The van der Waals surface area contributed by atoms with Gasteiger partial charge in [-0.2, -0.15) is 4.98 Å². The molecule has 3 heterocycles. The van der Waals surface area contributed by atoms with E-state index in [2.05, 4.69) is 20.0 Å². The molecule has 0 radical (unpaired) electrons. The molecule has 3 aromatic rings. The molecule has 0 amide bonds. The van der Waals surface area contributed by atoms with Gasteiger partial charge in [0.2, 0.25) is 17.5 Å². The predicted octanol–water partition coefficient (Wildman–Crippen LogP) is 3.15. The zero-order valence-electron chi connectivity index (χ0n) is 16.8. The van der Waals surface area contributed by atoms with Gasteiger partial charge in [-0.05, 0) is 31.2 Å². The van der Waals surface area contributed by atoms with Gasteiger partial charge >= 0.3 is 0 Å². The van der Waals surface area contributed by atoms with Crippen molar-refractivity contribution in [3.8, 4) is 28.6 Å². The highest BCUT2D eigenvalue weighted by molar-refractivity contribution is 5.56. The van der Waals surface area contributed by atoms with Crippen molar-refractivity contribution < 1.29 is 18.7 Å². The molecule has 4 rings (SSSR count). The third kappa shape index (κ3) is 3.88. The van der Waals surface area contributed by atoms with Crippen molar-refractivity contribution in [1.29, 1.82) is 0 Å². The van der Waals surface area contributed by atoms with Crippen LogP contribution in [0.3, 0.4) is 0 Å². The lowest BCUT2D eigenvalue weighted by Gasteiger charge is -2.20. The summed E-state index contributed by atoms with van der Waals surface area (Å²) in [6.45, 7) is 2.52. The SMILES string of the molecule is COc1ccc(CN2CCC(c3nc(-c4cccnc4)no3)C2)c(OC)c1OC. The van der Waals surface area contributed by atoms with E-state index in [-0.39, 0.29) is 5.92 Å². The maximum Gasteiger partial charge on any atom is 0.231 e. The average Bonchev–Trinajstić information content (AvgIpc) is 3.43. The van der Waals surface area contributed by atoms with E-state index in [1.165, 1.54) is 0 Å². The Labute approximate surface area is 169 Å². The maximum atomic E-state index is 5.61. The predicted molar refractivity (Wildman–Crippen MR) is 106 cm³/mol. The Bertz CT molecular complexity index is 961. The molecule has 8 heteroatoms. The van der Waals surface area contributed by atoms with E-state index in [1.54, 1.807) is 33.7 Å². The lowest BCUT2D eigenvalue weighted by atomic mass is 10.1. The van der Waals surface area contributed by atoms with E-state index >= 15 is 0 Å². The van der Waals surface area contributed by atoms with Gasteiger partial charge in [-0.1, -0.05) is 11.2 Å². The summed E-state index contributed by atoms with van der Waals surface area (Å²) < 4.78 is 22.0. The monoisotopic (exact) mass is 396 g/mol. The zero-order chi connectivity index (χ0) is 20.2. The summed E-state index contributed by atoms with van der Waals surface area (Å²) in [5, 5.41) is 4.11. The van der Waals surface area contributed by atoms with Crippen LogP contribution < -0.4 is 14.2 Å². The van der Waals surface area contributed by atoms with Gasteiger partial charge in [0, 0.05) is 36.6 Å². The molecule has 1 aliphatic heterocycles. The molecule has 0 aliphatic carbocycles. The van der Waals surface area contributed by atoms with E-state index in [9.17, 15) is 0 Å². The normalized spacial score (nSPS) is 16.7. The van der Waals surface area contributed by atoms with Crippen LogP contribution in [0, 0.1) is 0 Å². The number of methoxy groups -OCH3 is 3. The number of rotatable bonds is 7. The van der Waals surface area contributed by atoms with Crippen molar-refractivity contribution in [3.63, 3.8) is 0 Å². The van der Waals surface area contributed by atoms with Gasteiger partial charge in [0.15, 0.2) is 11.5 Å². The Morgan fingerprint density at radius 2 is 1.97 bits per heavy atom. The Hall–Kier alpha value is -3.13. The fourth-order valence-corrected chi connectivity index (χ4v) is 3.72. The van der Waals surface area contributed by atoms with Gasteiger partial charge in [0.05, 0.1) is 27.2 Å². The molecule has 152 valence electrons. The van der Waals surface area contributed by atoms with E-state index in [0.717, 1.165) is 37.2 Å². The van der Waals surface area contributed by atoms with Crippen LogP contribution in [0.5, 0.6) is 17.2 Å². The van der Waals surface area contributed by atoms with Gasteiger partial charge < -0.3 is 18.7 Å². The first-order valence-corrected chi connectivity index (χ1v) is 9.47. The van der Waals surface area contributed by atoms with Crippen LogP contribution in [0.15, 0.2) is 41.2 Å². The fourth-order valence-electron chi connectivity index (χ4n) is 3.72. The number of nitrogens with zero attached hydrogens (tertiary/aromatic N) is 4. The molecule has 1 aromatic carbocycles. The topological polar surface area (TPSA) is 82.7 Å². The lowest BCUT2D eigenvalue weighted by molar-refractivity contribution is 0.293. The first-order chi connectivity index (χ1) is 14.2. The second-order valence-corrected chi connectivity index (χ2v) is 6.91. The van der Waals surface area contributed by atoms with Gasteiger partial charge in [-0.15, -0.1) is 0 Å². The number of aromatic nitrogens is 3. The van der Waals surface area contributed by atoms with Crippen LogP contribution in [0.4, 0.5) is 0 Å². The highest BCUT2D eigenvalue weighted by Crippen LogP contribution is 2.41. The Kier molecular flexibility index (Phi) is 5.62. The van der Waals surface area contributed by atoms with Gasteiger partial charge in [0.25, 0.3) is 0 Å². The summed E-state index contributed by atoms with van der Waals surface area (Å²) >= 11 is 0. The van der Waals surface area contributed by atoms with E-state index < -0.39 is 0 Å². The number of likely N-dealkylation sites (tertiary alicyclic amines) is 1. The van der Waals surface area contributed by atoms with Crippen LogP contribution in [0.25, 0.3) is 11.4 Å². The summed E-state index contributed by atoms with van der Waals surface area (Å²) in [6.07, 6.45) is 4.42. The number of pyridine rings is 1. The number of hydrogen-bond donors (Lipinski definition) is 0. The smallest absolute Gasteiger partial charge is 0.231 e. The first kappa shape index (κ1) is 19.2. The zero-order valence-corrected chi connectivity index (χ0v) is 16.8. The number of benzene rings is 1. The minimum absolute atomic E-state index is 0.207. The van der Waals surface area contributed by atoms with Gasteiger partial charge in [0.1, 0.15) is 0 Å². The summed E-state index contributed by atoms with van der Waals surface area (Å²) in [7, 11) is 4.88. The van der Waals surface area contributed by atoms with Crippen molar-refractivity contribution in [3.05, 3.63) is 48.1 Å². The molecule has 2 aromatic heterocycles. The van der Waals surface area contributed by atoms with Gasteiger partial charge in [-0.3, -0.25) is 9.88 Å². The molecule has 1 aliphatic rings. The number of ether oxygens (including phenoxy) is 3. The molecule has 0 spiro atoms. The van der Waals surface area contributed by atoms with Crippen molar-refractivity contribution in [2.75, 3.05) is 34.4 Å². The molecule has 1 unspecified atom stereocenters. The van der Waals surface area contributed by atoms with Crippen LogP contribution in [0.2, 0.25) is 0 Å². The summed E-state index contributed by atoms with van der Waals surface area (Å²) in [4.78, 5) is 11.0. The van der Waals surface area contributed by atoms with Crippen LogP contribution in [0.1, 0.15) is 23.8 Å². The summed E-state index contributed by atoms with van der Waals surface area (Å²) in [5.74, 6) is 3.42. The summed E-state index contributed by atoms with van der Waals surface area (Å²) in [5.41, 5.74) is 1.90. The largest absolute Gasteiger partial charge is 0.493 e. The minimum atomic E-state index is 0.207. The van der Waals surface area contributed by atoms with Crippen molar-refractivity contribution >= 4 is 0 Å². The molecule has 1 atom stereocenters. The highest BCUT2D eigenvalue weighted by Gasteiger charge is 2.29. The molecule has 0 N–H and O–H groups in total. The summed E-state index contributed by atoms with van der Waals surface area (Å²) in [6, 6.07) is 7.70. The first-order valence-electron chi connectivity index (χ1n) is 9.47. The fraction of sp³-hybridized carbons (Fsp3) is 0.381. The quantitative estimate of drug-likeness (QED) is 0.602. The van der Waals surface area contributed by atoms with Crippen molar-refractivity contribution in [2.45, 2.75) is 18.9 Å². The molecule has 29 heavy (non-hydrogen) atoms. The van der Waals surface area contributed by atoms with Crippen molar-refractivity contribution in [2.24, 2.45) is 0 Å². The van der Waals surface area contributed by atoms with E-state index in [0.29, 0.717) is 29.0 Å². The van der Waals surface area contributed by atoms with Crippen LogP contribution in [-0.2, 0) is 6.54 Å². The maximum absolute atomic E-state index is 5.61. The highest BCUT2D eigenvalue weighted by atomic mass is 16.5. The molecule has 1 saturated heterocycles. The molecular weight excluding hydrogens is 372 g/mol. The van der Waals surface area contributed by atoms with Crippen molar-refractivity contribution in [1.82, 2.24) is 20.0 Å². The Morgan fingerprint density at radius 3 is 2.69 bits per heavy atom. The molecule has 0 saturated carbocycles. The Balaban J connectivity index is 1.47. The van der Waals surface area contributed by atoms with E-state index in [4.69, 9.17) is 18.7 Å². The standard InChI is InChI=1S/C21H24N4O4/c1-26-17-7-6-15(18(27-2)19(17)28-3)12-25-10-8-16(13-25)21-23-20(24-29-21)14-5-4-9-22-11-14/h4-7,9,11,16H,8,10,12-13H2,1-3H3. The lowest BCUT2D eigenvalue weighted by Crippen LogP contribution is -2.20. The Morgan fingerprint density at radius 1 is 1.10 bits per heavy atom. The van der Waals surface area contributed by atoms with Crippen LogP contribution in [-0.4, -0.2) is 54.4 Å². The second-order valence-electron chi connectivity index (χ2n) is 6.91. The molecule has 0 bridgehead atoms. The van der Waals surface area contributed by atoms with E-state index in [1.807, 2.05) is 24.3 Å².